The van der Waals surface area contributed by atoms with Crippen LogP contribution >= 0.6 is 0 Å². The number of rotatable bonds is 2. The van der Waals surface area contributed by atoms with E-state index in [1.54, 1.807) is 20.4 Å². The topological polar surface area (TPSA) is 44.1 Å². The number of aromatic nitrogens is 2. The number of hydrogen-bond acceptors (Lipinski definition) is 3. The molecule has 1 aromatic rings. The normalized spacial score (nSPS) is 11.5. The van der Waals surface area contributed by atoms with E-state index in [1.165, 1.54) is 4.68 Å². The van der Waals surface area contributed by atoms with Crippen LogP contribution in [0.15, 0.2) is 11.0 Å². The Morgan fingerprint density at radius 1 is 1.47 bits per heavy atom. The molecule has 15 heavy (non-hydrogen) atoms. The molecule has 2 radical (unpaired) electrons. The summed E-state index contributed by atoms with van der Waals surface area (Å²) in [5.74, 6) is 0.652. The van der Waals surface area contributed by atoms with Gasteiger partial charge in [-0.25, -0.2) is 0 Å². The van der Waals surface area contributed by atoms with Gasteiger partial charge in [0.05, 0.1) is 0 Å². The Hall–Kier alpha value is -0.521. The van der Waals surface area contributed by atoms with Crippen molar-refractivity contribution in [3.05, 3.63) is 16.6 Å². The number of hydrogen-bond donors (Lipinski definition) is 0. The molecule has 1 rings (SSSR count). The van der Waals surface area contributed by atoms with Gasteiger partial charge in [-0.2, -0.15) is 0 Å². The Morgan fingerprint density at radius 2 is 2.07 bits per heavy atom. The van der Waals surface area contributed by atoms with E-state index in [2.05, 4.69) is 25.9 Å². The predicted octanol–water partition coefficient (Wildman–Crippen LogP) is 0.337. The van der Waals surface area contributed by atoms with Crippen molar-refractivity contribution in [2.45, 2.75) is 24.2 Å². The summed E-state index contributed by atoms with van der Waals surface area (Å²) in [6, 6.07) is 0. The number of methoxy groups -OCH3 is 1. The molecule has 0 N–H and O–H groups in total. The molecule has 0 amide bonds. The van der Waals surface area contributed by atoms with E-state index in [-0.39, 0.29) is 8.99 Å². The maximum absolute atomic E-state index is 11.9. The van der Waals surface area contributed by atoms with E-state index in [0.29, 0.717) is 5.75 Å². The van der Waals surface area contributed by atoms with Crippen molar-refractivity contribution in [2.24, 2.45) is 7.05 Å². The molecule has 82 valence electrons. The standard InChI is InChI=1S/C6H7N2O2.C4H9.Sn/c1-8-6(9)3-5(10-2)4-7-8;1-4(2)3;/h4H,1-2H3;1-3H3;. The summed E-state index contributed by atoms with van der Waals surface area (Å²) in [7, 11) is 3.26. The van der Waals surface area contributed by atoms with Gasteiger partial charge in [0.25, 0.3) is 0 Å². The second-order valence-electron chi connectivity index (χ2n) is 4.39. The number of nitrogens with zero attached hydrogens (tertiary/aromatic N) is 2. The van der Waals surface area contributed by atoms with Crippen molar-refractivity contribution in [3.63, 3.8) is 0 Å². The molecule has 0 atom stereocenters. The van der Waals surface area contributed by atoms with Crippen LogP contribution in [0, 0.1) is 0 Å². The van der Waals surface area contributed by atoms with Crippen LogP contribution in [0.1, 0.15) is 20.8 Å². The zero-order chi connectivity index (χ0) is 11.6. The Morgan fingerprint density at radius 3 is 2.53 bits per heavy atom. The molecule has 0 aliphatic rings. The quantitative estimate of drug-likeness (QED) is 0.739. The van der Waals surface area contributed by atoms with Gasteiger partial charge in [-0.3, -0.25) is 0 Å². The fraction of sp³-hybridized carbons (Fsp3) is 0.600. The van der Waals surface area contributed by atoms with E-state index in [0.717, 1.165) is 3.58 Å². The van der Waals surface area contributed by atoms with Gasteiger partial charge in [0.15, 0.2) is 0 Å². The SMILES string of the molecule is COc1cnn(C)c(=O)[c]1[Sn][C](C)(C)C. The molecule has 0 unspecified atom stereocenters. The summed E-state index contributed by atoms with van der Waals surface area (Å²) in [4.78, 5) is 11.9. The average molecular weight is 315 g/mol. The van der Waals surface area contributed by atoms with Crippen molar-refractivity contribution < 1.29 is 4.74 Å². The molecule has 0 fully saturated rings. The first-order valence-corrected chi connectivity index (χ1v) is 7.59. The molecular formula is C10H16N2O2Sn. The summed E-state index contributed by atoms with van der Waals surface area (Å²) in [6.45, 7) is 6.50. The number of ether oxygens (including phenoxy) is 1. The van der Waals surface area contributed by atoms with Crippen molar-refractivity contribution in [1.82, 2.24) is 9.78 Å². The van der Waals surface area contributed by atoms with Crippen LogP contribution in [0.3, 0.4) is 0 Å². The van der Waals surface area contributed by atoms with Crippen LogP contribution in [-0.4, -0.2) is 38.0 Å². The average Bonchev–Trinajstić information content (AvgIpc) is 2.11. The van der Waals surface area contributed by atoms with Crippen LogP contribution in [-0.2, 0) is 7.05 Å². The molecule has 0 spiro atoms. The van der Waals surface area contributed by atoms with E-state index in [4.69, 9.17) is 4.74 Å². The van der Waals surface area contributed by atoms with Gasteiger partial charge in [0.1, 0.15) is 0 Å². The van der Waals surface area contributed by atoms with Gasteiger partial charge in [-0.05, 0) is 0 Å². The Labute approximate surface area is 99.9 Å². The van der Waals surface area contributed by atoms with Gasteiger partial charge in [0.2, 0.25) is 0 Å². The van der Waals surface area contributed by atoms with E-state index >= 15 is 0 Å². The Balaban J connectivity index is 3.25. The second kappa shape index (κ2) is 4.55. The van der Waals surface area contributed by atoms with Crippen LogP contribution in [0.2, 0.25) is 3.43 Å². The third kappa shape index (κ3) is 3.22. The summed E-state index contributed by atoms with van der Waals surface area (Å²) in [5.41, 5.74) is -0.00382. The van der Waals surface area contributed by atoms with Gasteiger partial charge >= 0.3 is 99.9 Å². The molecule has 0 aliphatic carbocycles. The van der Waals surface area contributed by atoms with Crippen LogP contribution in [0.25, 0.3) is 0 Å². The fourth-order valence-electron chi connectivity index (χ4n) is 1.17. The molecule has 4 nitrogen and oxygen atoms in total. The molecule has 1 heterocycles. The van der Waals surface area contributed by atoms with Gasteiger partial charge < -0.3 is 0 Å². The zero-order valence-corrected chi connectivity index (χ0v) is 12.6. The Bertz CT molecular complexity index is 407. The van der Waals surface area contributed by atoms with Crippen molar-refractivity contribution >= 4 is 24.7 Å². The van der Waals surface area contributed by atoms with Gasteiger partial charge in [0, 0.05) is 0 Å². The summed E-state index contributed by atoms with van der Waals surface area (Å²) >= 11 is -0.963. The molecule has 1 aromatic heterocycles. The zero-order valence-electron chi connectivity index (χ0n) is 9.79. The monoisotopic (exact) mass is 316 g/mol. The van der Waals surface area contributed by atoms with Crippen LogP contribution in [0.5, 0.6) is 5.75 Å². The first kappa shape index (κ1) is 12.5. The minimum atomic E-state index is -0.963. The Kier molecular flexibility index (Phi) is 3.81. The van der Waals surface area contributed by atoms with Crippen LogP contribution < -0.4 is 13.9 Å². The molecule has 0 saturated heterocycles. The second-order valence-corrected chi connectivity index (χ2v) is 10.8. The first-order valence-electron chi connectivity index (χ1n) is 4.73. The van der Waals surface area contributed by atoms with Crippen molar-refractivity contribution in [2.75, 3.05) is 7.11 Å². The maximum atomic E-state index is 11.9. The van der Waals surface area contributed by atoms with E-state index in [1.807, 2.05) is 0 Å². The summed E-state index contributed by atoms with van der Waals surface area (Å²) < 4.78 is 7.67. The van der Waals surface area contributed by atoms with Crippen LogP contribution in [0.4, 0.5) is 0 Å². The molecule has 0 aliphatic heterocycles. The van der Waals surface area contributed by atoms with Gasteiger partial charge in [-0.1, -0.05) is 0 Å². The molecule has 5 heteroatoms. The van der Waals surface area contributed by atoms with Gasteiger partial charge in [-0.15, -0.1) is 0 Å². The summed E-state index contributed by atoms with van der Waals surface area (Å²) in [6.07, 6.45) is 1.63. The van der Waals surface area contributed by atoms with E-state index in [9.17, 15) is 4.79 Å². The fourth-order valence-corrected chi connectivity index (χ4v) is 4.90. The van der Waals surface area contributed by atoms with Crippen molar-refractivity contribution in [1.29, 1.82) is 0 Å². The molecular weight excluding hydrogens is 299 g/mol. The predicted molar refractivity (Wildman–Crippen MR) is 61.1 cm³/mol. The minimum absolute atomic E-state index is 0.00382. The van der Waals surface area contributed by atoms with E-state index < -0.39 is 21.1 Å². The summed E-state index contributed by atoms with van der Waals surface area (Å²) in [5, 5.41) is 3.95. The molecule has 0 bridgehead atoms. The number of aryl methyl sites for hydroxylation is 1. The molecule has 0 saturated carbocycles. The third-order valence-corrected chi connectivity index (χ3v) is 5.99. The molecule has 0 aromatic carbocycles. The first-order chi connectivity index (χ1) is 6.85. The van der Waals surface area contributed by atoms with Crippen molar-refractivity contribution in [3.8, 4) is 5.75 Å². The third-order valence-electron chi connectivity index (χ3n) is 1.82.